The molecule has 0 saturated carbocycles. The van der Waals surface area contributed by atoms with Crippen LogP contribution in [0.3, 0.4) is 0 Å². The van der Waals surface area contributed by atoms with E-state index in [1.807, 2.05) is 13.8 Å². The Morgan fingerprint density at radius 1 is 0.650 bits per heavy atom. The van der Waals surface area contributed by atoms with Crippen LogP contribution in [0.2, 0.25) is 0 Å². The summed E-state index contributed by atoms with van der Waals surface area (Å²) in [7, 11) is 1.65. The van der Waals surface area contributed by atoms with Gasteiger partial charge in [-0.2, -0.15) is 0 Å². The number of ether oxygens (including phenoxy) is 6. The molecule has 0 aliphatic rings. The molecule has 0 radical (unpaired) electrons. The van der Waals surface area contributed by atoms with Crippen molar-refractivity contribution in [2.24, 2.45) is 0 Å². The summed E-state index contributed by atoms with van der Waals surface area (Å²) in [5, 5.41) is 0. The van der Waals surface area contributed by atoms with Crippen LogP contribution < -0.4 is 0 Å². The van der Waals surface area contributed by atoms with E-state index >= 15 is 0 Å². The average Bonchev–Trinajstić information content (AvgIpc) is 2.45. The molecule has 0 aromatic rings. The third-order valence-corrected chi connectivity index (χ3v) is 2.38. The van der Waals surface area contributed by atoms with Crippen LogP contribution >= 0.6 is 0 Å². The molecule has 0 aromatic carbocycles. The van der Waals surface area contributed by atoms with Crippen molar-refractivity contribution < 1.29 is 28.4 Å². The number of methoxy groups -OCH3 is 1. The summed E-state index contributed by atoms with van der Waals surface area (Å²) >= 11 is 0. The zero-order chi connectivity index (χ0) is 14.9. The van der Waals surface area contributed by atoms with Gasteiger partial charge in [-0.15, -0.1) is 0 Å². The Balaban J connectivity index is 3.18. The van der Waals surface area contributed by atoms with E-state index in [1.54, 1.807) is 7.11 Å². The van der Waals surface area contributed by atoms with Gasteiger partial charge in [-0.25, -0.2) is 0 Å². The molecular weight excluding hydrogens is 264 g/mol. The Morgan fingerprint density at radius 2 is 1.10 bits per heavy atom. The largest absolute Gasteiger partial charge is 0.382 e. The lowest BCUT2D eigenvalue weighted by Crippen LogP contribution is -2.20. The van der Waals surface area contributed by atoms with Crippen molar-refractivity contribution in [2.45, 2.75) is 26.6 Å². The molecule has 0 unspecified atom stereocenters. The van der Waals surface area contributed by atoms with Crippen molar-refractivity contribution in [3.8, 4) is 0 Å². The molecule has 122 valence electrons. The summed E-state index contributed by atoms with van der Waals surface area (Å²) in [5.41, 5.74) is 0. The molecule has 0 N–H and O–H groups in total. The molecule has 0 amide bonds. The minimum Gasteiger partial charge on any atom is -0.382 e. The highest BCUT2D eigenvalue weighted by Crippen LogP contribution is 2.01. The maximum absolute atomic E-state index is 5.46. The molecule has 0 aliphatic heterocycles. The molecule has 0 rings (SSSR count). The summed E-state index contributed by atoms with van der Waals surface area (Å²) in [6.07, 6.45) is 0.571. The average molecular weight is 294 g/mol. The first kappa shape index (κ1) is 19.8. The van der Waals surface area contributed by atoms with E-state index < -0.39 is 0 Å². The quantitative estimate of drug-likeness (QED) is 0.317. The minimum absolute atomic E-state index is 0.167. The van der Waals surface area contributed by atoms with Crippen LogP contribution in [0.1, 0.15) is 20.3 Å². The van der Waals surface area contributed by atoms with Crippen LogP contribution in [0.5, 0.6) is 0 Å². The van der Waals surface area contributed by atoms with Gasteiger partial charge in [0.25, 0.3) is 0 Å². The highest BCUT2D eigenvalue weighted by molar-refractivity contribution is 4.44. The van der Waals surface area contributed by atoms with Crippen molar-refractivity contribution >= 4 is 0 Å². The molecule has 0 aliphatic carbocycles. The maximum Gasteiger partial charge on any atom is 0.159 e. The molecule has 20 heavy (non-hydrogen) atoms. The first-order chi connectivity index (χ1) is 9.85. The van der Waals surface area contributed by atoms with E-state index in [2.05, 4.69) is 0 Å². The first-order valence-corrected chi connectivity index (χ1v) is 7.30. The van der Waals surface area contributed by atoms with Gasteiger partial charge in [-0.3, -0.25) is 0 Å². The lowest BCUT2D eigenvalue weighted by Gasteiger charge is -2.16. The lowest BCUT2D eigenvalue weighted by molar-refractivity contribution is -0.147. The number of hydrogen-bond donors (Lipinski definition) is 0. The van der Waals surface area contributed by atoms with Crippen LogP contribution in [0.25, 0.3) is 0 Å². The first-order valence-electron chi connectivity index (χ1n) is 7.30. The summed E-state index contributed by atoms with van der Waals surface area (Å²) in [4.78, 5) is 0. The fraction of sp³-hybridized carbons (Fsp3) is 1.00. The van der Waals surface area contributed by atoms with E-state index in [0.717, 1.165) is 6.42 Å². The Kier molecular flexibility index (Phi) is 16.6. The van der Waals surface area contributed by atoms with E-state index in [1.165, 1.54) is 0 Å². The number of hydrogen-bond acceptors (Lipinski definition) is 6. The molecule has 6 heteroatoms. The highest BCUT2D eigenvalue weighted by atomic mass is 16.7. The molecule has 0 saturated heterocycles. The van der Waals surface area contributed by atoms with E-state index in [-0.39, 0.29) is 6.29 Å². The highest BCUT2D eigenvalue weighted by Gasteiger charge is 2.06. The smallest absolute Gasteiger partial charge is 0.159 e. The zero-order valence-electron chi connectivity index (χ0n) is 13.1. The van der Waals surface area contributed by atoms with E-state index in [0.29, 0.717) is 59.5 Å². The van der Waals surface area contributed by atoms with Crippen LogP contribution in [-0.4, -0.2) is 72.9 Å². The van der Waals surface area contributed by atoms with Crippen LogP contribution in [0.4, 0.5) is 0 Å². The minimum atomic E-state index is -0.167. The van der Waals surface area contributed by atoms with Gasteiger partial charge in [0.2, 0.25) is 0 Å². The molecule has 0 bridgehead atoms. The van der Waals surface area contributed by atoms with Crippen LogP contribution in [0.15, 0.2) is 0 Å². The Morgan fingerprint density at radius 3 is 1.55 bits per heavy atom. The second-order valence-electron chi connectivity index (χ2n) is 3.96. The van der Waals surface area contributed by atoms with Gasteiger partial charge in [0.15, 0.2) is 6.29 Å². The van der Waals surface area contributed by atoms with Crippen molar-refractivity contribution in [1.82, 2.24) is 0 Å². The molecule has 0 fully saturated rings. The second-order valence-corrected chi connectivity index (χ2v) is 3.96. The SMILES string of the molecule is CCOC(CCOCCOCCOCCOC)OCC. The van der Waals surface area contributed by atoms with Crippen molar-refractivity contribution in [1.29, 1.82) is 0 Å². The molecular formula is C14H30O6. The standard InChI is InChI=1S/C14H30O6/c1-4-19-14(20-5-2)6-7-16-10-11-18-13-12-17-9-8-15-3/h14H,4-13H2,1-3H3. The second kappa shape index (κ2) is 16.8. The predicted molar refractivity (Wildman–Crippen MR) is 76.0 cm³/mol. The fourth-order valence-corrected chi connectivity index (χ4v) is 1.45. The van der Waals surface area contributed by atoms with Gasteiger partial charge in [-0.05, 0) is 13.8 Å². The third-order valence-electron chi connectivity index (χ3n) is 2.38. The fourth-order valence-electron chi connectivity index (χ4n) is 1.45. The van der Waals surface area contributed by atoms with Gasteiger partial charge in [0.05, 0.1) is 46.2 Å². The summed E-state index contributed by atoms with van der Waals surface area (Å²) in [6.45, 7) is 9.34. The van der Waals surface area contributed by atoms with Gasteiger partial charge in [-0.1, -0.05) is 0 Å². The summed E-state index contributed by atoms with van der Waals surface area (Å²) < 4.78 is 31.8. The Labute approximate surface area is 122 Å². The van der Waals surface area contributed by atoms with Gasteiger partial charge < -0.3 is 28.4 Å². The predicted octanol–water partition coefficient (Wildman–Crippen LogP) is 1.47. The zero-order valence-corrected chi connectivity index (χ0v) is 13.1. The van der Waals surface area contributed by atoms with Crippen LogP contribution in [0, 0.1) is 0 Å². The van der Waals surface area contributed by atoms with Crippen LogP contribution in [-0.2, 0) is 28.4 Å². The summed E-state index contributed by atoms with van der Waals surface area (Å²) in [6, 6.07) is 0. The van der Waals surface area contributed by atoms with Gasteiger partial charge in [0, 0.05) is 26.7 Å². The van der Waals surface area contributed by atoms with E-state index in [4.69, 9.17) is 28.4 Å². The molecule has 6 nitrogen and oxygen atoms in total. The maximum atomic E-state index is 5.46. The third kappa shape index (κ3) is 14.2. The molecule has 0 atom stereocenters. The molecule has 0 heterocycles. The molecule has 0 aromatic heterocycles. The Bertz CT molecular complexity index is 173. The summed E-state index contributed by atoms with van der Waals surface area (Å²) in [5.74, 6) is 0. The van der Waals surface area contributed by atoms with Gasteiger partial charge >= 0.3 is 0 Å². The van der Waals surface area contributed by atoms with Crippen molar-refractivity contribution in [2.75, 3.05) is 66.6 Å². The van der Waals surface area contributed by atoms with Gasteiger partial charge in [0.1, 0.15) is 0 Å². The Hall–Kier alpha value is -0.240. The topological polar surface area (TPSA) is 55.4 Å². The molecule has 0 spiro atoms. The van der Waals surface area contributed by atoms with E-state index in [9.17, 15) is 0 Å². The lowest BCUT2D eigenvalue weighted by atomic mass is 10.4. The van der Waals surface area contributed by atoms with Crippen molar-refractivity contribution in [3.05, 3.63) is 0 Å². The normalized spacial score (nSPS) is 11.4. The monoisotopic (exact) mass is 294 g/mol. The number of rotatable bonds is 16. The van der Waals surface area contributed by atoms with Crippen molar-refractivity contribution in [3.63, 3.8) is 0 Å².